The average Bonchev–Trinajstić information content (AvgIpc) is 3.51. The second-order valence-corrected chi connectivity index (χ2v) is 9.45. The van der Waals surface area contributed by atoms with Gasteiger partial charge in [0, 0.05) is 25.1 Å². The van der Waals surface area contributed by atoms with Crippen LogP contribution in [0.5, 0.6) is 0 Å². The van der Waals surface area contributed by atoms with Gasteiger partial charge in [0.2, 0.25) is 0 Å². The van der Waals surface area contributed by atoms with Crippen LogP contribution in [-0.4, -0.2) is 98.2 Å². The number of aliphatic hydroxyl groups is 1. The zero-order chi connectivity index (χ0) is 25.0. The highest BCUT2D eigenvalue weighted by atomic mass is 19.1. The van der Waals surface area contributed by atoms with E-state index >= 15 is 0 Å². The number of hydrogen-bond donors (Lipinski definition) is 3. The maximum atomic E-state index is 14.5. The third kappa shape index (κ3) is 3.96. The first-order valence-electron chi connectivity index (χ1n) is 11.7. The van der Waals surface area contributed by atoms with E-state index in [1.54, 1.807) is 0 Å². The van der Waals surface area contributed by atoms with Crippen molar-refractivity contribution in [3.8, 4) is 0 Å². The van der Waals surface area contributed by atoms with Crippen LogP contribution >= 0.6 is 0 Å². The third-order valence-electron chi connectivity index (χ3n) is 7.17. The lowest BCUT2D eigenvalue weighted by Crippen LogP contribution is -2.48. The molecular formula is C23H24F3N7O3. The van der Waals surface area contributed by atoms with Gasteiger partial charge in [0.1, 0.15) is 35.6 Å². The summed E-state index contributed by atoms with van der Waals surface area (Å²) in [6.45, 7) is 1.99. The van der Waals surface area contributed by atoms with Gasteiger partial charge in [-0.2, -0.15) is 5.10 Å². The Balaban J connectivity index is 1.31. The molecule has 0 aliphatic carbocycles. The largest absolute Gasteiger partial charge is 0.390 e. The molecule has 13 heteroatoms. The molecule has 5 heterocycles. The van der Waals surface area contributed by atoms with E-state index < -0.39 is 35.9 Å². The first-order chi connectivity index (χ1) is 17.4. The molecule has 190 valence electrons. The average molecular weight is 503 g/mol. The van der Waals surface area contributed by atoms with Crippen LogP contribution in [0.4, 0.5) is 19.0 Å². The van der Waals surface area contributed by atoms with Crippen molar-refractivity contribution in [2.24, 2.45) is 0 Å². The minimum atomic E-state index is -1.40. The summed E-state index contributed by atoms with van der Waals surface area (Å²) in [4.78, 5) is 25.3. The number of fused-ring (bicyclic) bond motifs is 1. The quantitative estimate of drug-likeness (QED) is 0.478. The van der Waals surface area contributed by atoms with Crippen molar-refractivity contribution in [2.45, 2.75) is 36.8 Å². The lowest BCUT2D eigenvalue weighted by Gasteiger charge is -2.34. The van der Waals surface area contributed by atoms with Gasteiger partial charge in [0.05, 0.1) is 49.4 Å². The molecule has 3 N–H and O–H groups in total. The minimum Gasteiger partial charge on any atom is -0.390 e. The molecule has 4 atom stereocenters. The number of aliphatic hydroxyl groups excluding tert-OH is 1. The first kappa shape index (κ1) is 23.1. The molecule has 3 fully saturated rings. The molecule has 0 radical (unpaired) electrons. The molecule has 2 aromatic heterocycles. The van der Waals surface area contributed by atoms with Crippen LogP contribution in [0.1, 0.15) is 28.5 Å². The van der Waals surface area contributed by atoms with Gasteiger partial charge < -0.3 is 20.1 Å². The number of rotatable bonds is 5. The van der Waals surface area contributed by atoms with E-state index in [2.05, 4.69) is 30.4 Å². The molecule has 0 saturated carbocycles. The zero-order valence-corrected chi connectivity index (χ0v) is 19.1. The monoisotopic (exact) mass is 503 g/mol. The summed E-state index contributed by atoms with van der Waals surface area (Å²) < 4.78 is 48.1. The lowest BCUT2D eigenvalue weighted by atomic mass is 10.0. The molecule has 0 bridgehead atoms. The number of hydrogen-bond acceptors (Lipinski definition) is 8. The number of H-pyrrole nitrogens is 1. The van der Waals surface area contributed by atoms with Crippen LogP contribution in [-0.2, 0) is 4.74 Å². The number of β-amino-alcohol motifs (C(OH)–C–C–N with tert-alkyl or cyclic N) is 1. The Morgan fingerprint density at radius 2 is 2.03 bits per heavy atom. The summed E-state index contributed by atoms with van der Waals surface area (Å²) in [5.74, 6) is -1.74. The van der Waals surface area contributed by atoms with Crippen molar-refractivity contribution in [3.63, 3.8) is 0 Å². The molecular weight excluding hydrogens is 479 g/mol. The van der Waals surface area contributed by atoms with E-state index in [-0.39, 0.29) is 53.2 Å². The zero-order valence-electron chi connectivity index (χ0n) is 19.1. The van der Waals surface area contributed by atoms with Crippen LogP contribution in [0, 0.1) is 11.6 Å². The standard InChI is InChI=1S/C23H24F3N7O3/c24-11-1-2-15(26)14(3-11)17-4-12(25)5-33(17)23(35)20-19-21(27-10-28-22(19)31-30-20)29-16-6-32(7-18(16)34)13-8-36-9-13/h1-3,10,12-13,16-18,34H,4-9H2,(H2,27,28,29,30,31)/t12-,16+,17+,18+/m0/s1. The Hall–Kier alpha value is -3.29. The van der Waals surface area contributed by atoms with Crippen LogP contribution in [0.2, 0.25) is 0 Å². The molecule has 0 unspecified atom stereocenters. The van der Waals surface area contributed by atoms with Crippen LogP contribution in [0.15, 0.2) is 24.5 Å². The van der Waals surface area contributed by atoms with Crippen molar-refractivity contribution in [1.29, 1.82) is 0 Å². The fourth-order valence-electron chi connectivity index (χ4n) is 5.20. The maximum absolute atomic E-state index is 14.5. The van der Waals surface area contributed by atoms with Crippen molar-refractivity contribution in [1.82, 2.24) is 30.0 Å². The number of nitrogens with zero attached hydrogens (tertiary/aromatic N) is 5. The van der Waals surface area contributed by atoms with Crippen molar-refractivity contribution in [3.05, 3.63) is 47.4 Å². The fourth-order valence-corrected chi connectivity index (χ4v) is 5.20. The number of carbonyl (C=O) groups excluding carboxylic acids is 1. The van der Waals surface area contributed by atoms with Crippen molar-refractivity contribution < 1.29 is 27.8 Å². The second-order valence-electron chi connectivity index (χ2n) is 9.45. The minimum absolute atomic E-state index is 0.000692. The van der Waals surface area contributed by atoms with Crippen molar-refractivity contribution in [2.75, 3.05) is 38.2 Å². The van der Waals surface area contributed by atoms with Crippen LogP contribution in [0.25, 0.3) is 11.0 Å². The predicted molar refractivity (Wildman–Crippen MR) is 121 cm³/mol. The maximum Gasteiger partial charge on any atom is 0.273 e. The molecule has 6 rings (SSSR count). The van der Waals surface area contributed by atoms with Gasteiger partial charge in [-0.05, 0) is 18.2 Å². The number of benzene rings is 1. The predicted octanol–water partition coefficient (Wildman–Crippen LogP) is 1.41. The molecule has 1 amide bonds. The second kappa shape index (κ2) is 8.98. The Labute approximate surface area is 203 Å². The molecule has 1 aromatic carbocycles. The van der Waals surface area contributed by atoms with E-state index in [4.69, 9.17) is 4.74 Å². The first-order valence-corrected chi connectivity index (χ1v) is 11.7. The summed E-state index contributed by atoms with van der Waals surface area (Å²) >= 11 is 0. The number of amides is 1. The number of ether oxygens (including phenoxy) is 1. The summed E-state index contributed by atoms with van der Waals surface area (Å²) in [6.07, 6.45) is -0.946. The number of likely N-dealkylation sites (tertiary alicyclic amines) is 2. The molecule has 36 heavy (non-hydrogen) atoms. The van der Waals surface area contributed by atoms with Gasteiger partial charge in [-0.1, -0.05) is 0 Å². The normalized spacial score (nSPS) is 27.1. The Morgan fingerprint density at radius 1 is 1.19 bits per heavy atom. The molecule has 10 nitrogen and oxygen atoms in total. The van der Waals surface area contributed by atoms with Gasteiger partial charge in [-0.15, -0.1) is 0 Å². The fraction of sp³-hybridized carbons (Fsp3) is 0.478. The molecule has 3 aromatic rings. The highest BCUT2D eigenvalue weighted by Crippen LogP contribution is 2.37. The number of carbonyl (C=O) groups is 1. The van der Waals surface area contributed by atoms with Crippen molar-refractivity contribution >= 4 is 22.8 Å². The lowest BCUT2D eigenvalue weighted by molar-refractivity contribution is -0.0598. The third-order valence-corrected chi connectivity index (χ3v) is 7.17. The van der Waals surface area contributed by atoms with E-state index in [1.807, 2.05) is 0 Å². The number of aromatic amines is 1. The van der Waals surface area contributed by atoms with E-state index in [0.29, 0.717) is 26.3 Å². The van der Waals surface area contributed by atoms with E-state index in [9.17, 15) is 23.1 Å². The number of halogens is 3. The number of aromatic nitrogens is 4. The van der Waals surface area contributed by atoms with Gasteiger partial charge >= 0.3 is 0 Å². The van der Waals surface area contributed by atoms with E-state index in [0.717, 1.165) is 18.2 Å². The van der Waals surface area contributed by atoms with Gasteiger partial charge in [0.25, 0.3) is 5.91 Å². The number of nitrogens with one attached hydrogen (secondary N) is 2. The Bertz CT molecular complexity index is 1300. The molecule has 3 saturated heterocycles. The number of anilines is 1. The highest BCUT2D eigenvalue weighted by molar-refractivity contribution is 6.07. The summed E-state index contributed by atoms with van der Waals surface area (Å²) in [7, 11) is 0. The Morgan fingerprint density at radius 3 is 2.81 bits per heavy atom. The molecule has 3 aliphatic heterocycles. The highest BCUT2D eigenvalue weighted by Gasteiger charge is 2.41. The van der Waals surface area contributed by atoms with Crippen LogP contribution in [0.3, 0.4) is 0 Å². The molecule has 0 spiro atoms. The molecule has 3 aliphatic rings. The summed E-state index contributed by atoms with van der Waals surface area (Å²) in [6, 6.07) is 1.83. The SMILES string of the molecule is O=C(c1[nH]nc2ncnc(N[C@@H]3CN(C4COC4)C[C@H]3O)c12)N1C[C@@H](F)C[C@@H]1c1cc(F)ccc1F. The number of alkyl halides is 1. The topological polar surface area (TPSA) is 120 Å². The van der Waals surface area contributed by atoms with Gasteiger partial charge in [-0.3, -0.25) is 14.8 Å². The smallest absolute Gasteiger partial charge is 0.273 e. The van der Waals surface area contributed by atoms with Crippen LogP contribution < -0.4 is 5.32 Å². The Kier molecular flexibility index (Phi) is 5.77. The summed E-state index contributed by atoms with van der Waals surface area (Å²) in [5, 5.41) is 20.9. The van der Waals surface area contributed by atoms with Gasteiger partial charge in [-0.25, -0.2) is 23.1 Å². The van der Waals surface area contributed by atoms with Gasteiger partial charge in [0.15, 0.2) is 5.65 Å². The van der Waals surface area contributed by atoms with E-state index in [1.165, 1.54) is 11.2 Å². The summed E-state index contributed by atoms with van der Waals surface area (Å²) in [5.41, 5.74) is 0.119.